The summed E-state index contributed by atoms with van der Waals surface area (Å²) in [7, 11) is 0. The fourth-order valence-electron chi connectivity index (χ4n) is 4.16. The van der Waals surface area contributed by atoms with Crippen LogP contribution in [0.15, 0.2) is 18.2 Å². The van der Waals surface area contributed by atoms with E-state index >= 15 is 0 Å². The summed E-state index contributed by atoms with van der Waals surface area (Å²) in [6, 6.07) is 5.56. The topological polar surface area (TPSA) is 41.6 Å². The minimum atomic E-state index is -0.125. The molecular weight excluding hydrogens is 383 g/mol. The Kier molecular flexibility index (Phi) is 5.86. The Balaban J connectivity index is 0.00000182. The predicted molar refractivity (Wildman–Crippen MR) is 102 cm³/mol. The summed E-state index contributed by atoms with van der Waals surface area (Å²) in [6.07, 6.45) is 3.19. The van der Waals surface area contributed by atoms with E-state index in [4.69, 9.17) is 27.9 Å². The number of ether oxygens (including phenoxy) is 1. The Morgan fingerprint density at radius 2 is 2.00 bits per heavy atom. The molecule has 2 heterocycles. The van der Waals surface area contributed by atoms with Crippen molar-refractivity contribution in [2.75, 3.05) is 32.8 Å². The average molecular weight is 406 g/mol. The molecular formula is C18H23Cl3N2O2. The highest BCUT2D eigenvalue weighted by Gasteiger charge is 2.58. The van der Waals surface area contributed by atoms with Crippen molar-refractivity contribution in [1.82, 2.24) is 10.2 Å². The third kappa shape index (κ3) is 3.79. The molecule has 2 atom stereocenters. The van der Waals surface area contributed by atoms with E-state index in [9.17, 15) is 4.79 Å². The molecule has 2 aliphatic heterocycles. The van der Waals surface area contributed by atoms with Crippen molar-refractivity contribution in [2.24, 2.45) is 11.3 Å². The van der Waals surface area contributed by atoms with E-state index in [1.165, 1.54) is 0 Å². The van der Waals surface area contributed by atoms with Crippen molar-refractivity contribution in [3.8, 4) is 0 Å². The lowest BCUT2D eigenvalue weighted by atomic mass is 9.91. The van der Waals surface area contributed by atoms with Gasteiger partial charge in [-0.2, -0.15) is 0 Å². The first-order chi connectivity index (χ1) is 11.6. The van der Waals surface area contributed by atoms with Gasteiger partial charge in [0.25, 0.3) is 0 Å². The molecule has 2 unspecified atom stereocenters. The predicted octanol–water partition coefficient (Wildman–Crippen LogP) is 3.70. The number of nitrogens with one attached hydrogen (secondary N) is 1. The first-order valence-electron chi connectivity index (χ1n) is 8.65. The Labute approximate surface area is 164 Å². The molecule has 0 radical (unpaired) electrons. The number of carbonyl (C=O) groups is 1. The van der Waals surface area contributed by atoms with Gasteiger partial charge in [0, 0.05) is 12.5 Å². The van der Waals surface area contributed by atoms with E-state index in [0.29, 0.717) is 35.6 Å². The molecule has 0 aromatic heterocycles. The Morgan fingerprint density at radius 3 is 2.72 bits per heavy atom. The normalized spacial score (nSPS) is 27.7. The monoisotopic (exact) mass is 404 g/mol. The average Bonchev–Trinajstić information content (AvgIpc) is 3.30. The SMILES string of the molecule is Cl.O=C(C1CC12CCNCC2)N1CCOC(c2ccc(Cl)c(Cl)c2)C1. The second-order valence-electron chi connectivity index (χ2n) is 7.19. The van der Waals surface area contributed by atoms with Crippen molar-refractivity contribution in [3.05, 3.63) is 33.8 Å². The lowest BCUT2D eigenvalue weighted by Gasteiger charge is -2.34. The second kappa shape index (κ2) is 7.61. The number of hydrogen-bond acceptors (Lipinski definition) is 3. The zero-order valence-electron chi connectivity index (χ0n) is 14.0. The summed E-state index contributed by atoms with van der Waals surface area (Å²) in [5.74, 6) is 0.525. The van der Waals surface area contributed by atoms with Crippen molar-refractivity contribution < 1.29 is 9.53 Å². The minimum absolute atomic E-state index is 0. The number of halogens is 3. The Hall–Kier alpha value is -0.520. The van der Waals surface area contributed by atoms with Gasteiger partial charge in [-0.3, -0.25) is 4.79 Å². The van der Waals surface area contributed by atoms with Crippen LogP contribution in [0.1, 0.15) is 30.9 Å². The third-order valence-electron chi connectivity index (χ3n) is 5.78. The van der Waals surface area contributed by atoms with E-state index in [0.717, 1.165) is 37.9 Å². The summed E-state index contributed by atoms with van der Waals surface area (Å²) in [5, 5.41) is 4.45. The lowest BCUT2D eigenvalue weighted by molar-refractivity contribution is -0.141. The standard InChI is InChI=1S/C18H22Cl2N2O2.ClH/c19-14-2-1-12(9-15(14)20)16-11-22(7-8-24-16)17(23)13-10-18(13)3-5-21-6-4-18;/h1-2,9,13,16,21H,3-8,10-11H2;1H. The van der Waals surface area contributed by atoms with Crippen LogP contribution in [0, 0.1) is 11.3 Å². The van der Waals surface area contributed by atoms with Crippen LogP contribution < -0.4 is 5.32 Å². The molecule has 1 aliphatic carbocycles. The number of nitrogens with zero attached hydrogens (tertiary/aromatic N) is 1. The highest BCUT2D eigenvalue weighted by molar-refractivity contribution is 6.42. The van der Waals surface area contributed by atoms with E-state index in [2.05, 4.69) is 5.32 Å². The van der Waals surface area contributed by atoms with Gasteiger partial charge in [-0.25, -0.2) is 0 Å². The zero-order valence-corrected chi connectivity index (χ0v) is 16.3. The quantitative estimate of drug-likeness (QED) is 0.815. The van der Waals surface area contributed by atoms with E-state index < -0.39 is 0 Å². The van der Waals surface area contributed by atoms with Crippen LogP contribution in [0.5, 0.6) is 0 Å². The van der Waals surface area contributed by atoms with E-state index in [1.54, 1.807) is 6.07 Å². The molecule has 3 fully saturated rings. The highest BCUT2D eigenvalue weighted by Crippen LogP contribution is 2.59. The molecule has 4 nitrogen and oxygen atoms in total. The van der Waals surface area contributed by atoms with Gasteiger partial charge in [-0.15, -0.1) is 12.4 Å². The largest absolute Gasteiger partial charge is 0.370 e. The van der Waals surface area contributed by atoms with Crippen LogP contribution in [0.25, 0.3) is 0 Å². The molecule has 0 bridgehead atoms. The van der Waals surface area contributed by atoms with Gasteiger partial charge < -0.3 is 15.0 Å². The summed E-state index contributed by atoms with van der Waals surface area (Å²) >= 11 is 12.1. The minimum Gasteiger partial charge on any atom is -0.370 e. The molecule has 2 saturated heterocycles. The van der Waals surface area contributed by atoms with Crippen LogP contribution in [0.3, 0.4) is 0 Å². The van der Waals surface area contributed by atoms with Crippen molar-refractivity contribution in [1.29, 1.82) is 0 Å². The molecule has 1 aromatic carbocycles. The maximum absolute atomic E-state index is 12.9. The molecule has 7 heteroatoms. The molecule has 1 spiro atoms. The van der Waals surface area contributed by atoms with Gasteiger partial charge in [0.05, 0.1) is 23.2 Å². The molecule has 1 N–H and O–H groups in total. The van der Waals surface area contributed by atoms with Crippen LogP contribution in [0.2, 0.25) is 10.0 Å². The summed E-state index contributed by atoms with van der Waals surface area (Å²) in [6.45, 7) is 3.93. The third-order valence-corrected chi connectivity index (χ3v) is 6.52. The molecule has 1 amide bonds. The van der Waals surface area contributed by atoms with Gasteiger partial charge in [-0.05, 0) is 55.5 Å². The van der Waals surface area contributed by atoms with Crippen LogP contribution in [-0.4, -0.2) is 43.6 Å². The van der Waals surface area contributed by atoms with Gasteiger partial charge in [-0.1, -0.05) is 29.3 Å². The van der Waals surface area contributed by atoms with Gasteiger partial charge in [0.1, 0.15) is 6.10 Å². The summed E-state index contributed by atoms with van der Waals surface area (Å²) < 4.78 is 5.87. The van der Waals surface area contributed by atoms with Gasteiger partial charge >= 0.3 is 0 Å². The van der Waals surface area contributed by atoms with E-state index in [1.807, 2.05) is 17.0 Å². The number of piperidine rings is 1. The maximum Gasteiger partial charge on any atom is 0.226 e. The number of morpholine rings is 1. The molecule has 138 valence electrons. The molecule has 3 aliphatic rings. The number of carbonyl (C=O) groups excluding carboxylic acids is 1. The first kappa shape index (κ1) is 19.2. The molecule has 25 heavy (non-hydrogen) atoms. The summed E-state index contributed by atoms with van der Waals surface area (Å²) in [5.41, 5.74) is 1.26. The first-order valence-corrected chi connectivity index (χ1v) is 9.41. The summed E-state index contributed by atoms with van der Waals surface area (Å²) in [4.78, 5) is 14.9. The van der Waals surface area contributed by atoms with Crippen LogP contribution >= 0.6 is 35.6 Å². The smallest absolute Gasteiger partial charge is 0.226 e. The van der Waals surface area contributed by atoms with Gasteiger partial charge in [0.2, 0.25) is 5.91 Å². The van der Waals surface area contributed by atoms with E-state index in [-0.39, 0.29) is 29.8 Å². The fraction of sp³-hybridized carbons (Fsp3) is 0.611. The van der Waals surface area contributed by atoms with Crippen molar-refractivity contribution in [2.45, 2.75) is 25.4 Å². The maximum atomic E-state index is 12.9. The zero-order chi connectivity index (χ0) is 16.7. The number of amides is 1. The van der Waals surface area contributed by atoms with Crippen LogP contribution in [-0.2, 0) is 9.53 Å². The second-order valence-corrected chi connectivity index (χ2v) is 8.00. The highest BCUT2D eigenvalue weighted by atomic mass is 35.5. The lowest BCUT2D eigenvalue weighted by Crippen LogP contribution is -2.44. The molecule has 1 saturated carbocycles. The van der Waals surface area contributed by atoms with Crippen LogP contribution in [0.4, 0.5) is 0 Å². The fourth-order valence-corrected chi connectivity index (χ4v) is 4.46. The van der Waals surface area contributed by atoms with Gasteiger partial charge in [0.15, 0.2) is 0 Å². The Morgan fingerprint density at radius 1 is 1.24 bits per heavy atom. The molecule has 1 aromatic rings. The van der Waals surface area contributed by atoms with Crippen molar-refractivity contribution >= 4 is 41.5 Å². The number of rotatable bonds is 2. The number of benzene rings is 1. The number of hydrogen-bond donors (Lipinski definition) is 1. The Bertz CT molecular complexity index is 649. The molecule has 4 rings (SSSR count). The van der Waals surface area contributed by atoms with Crippen molar-refractivity contribution in [3.63, 3.8) is 0 Å².